The van der Waals surface area contributed by atoms with Gasteiger partial charge in [0.2, 0.25) is 0 Å². The SMILES string of the molecule is COc1ccc2c(c1)nc(CC#N)n2CCN1CCCCC1. The van der Waals surface area contributed by atoms with Crippen molar-refractivity contribution in [3.05, 3.63) is 24.0 Å². The van der Waals surface area contributed by atoms with Crippen molar-refractivity contribution in [3.63, 3.8) is 0 Å². The number of ether oxygens (including phenoxy) is 1. The Morgan fingerprint density at radius 2 is 2.05 bits per heavy atom. The number of rotatable bonds is 5. The summed E-state index contributed by atoms with van der Waals surface area (Å²) in [5.74, 6) is 1.65. The van der Waals surface area contributed by atoms with E-state index in [2.05, 4.69) is 20.5 Å². The minimum atomic E-state index is 0.344. The van der Waals surface area contributed by atoms with E-state index in [1.807, 2.05) is 18.2 Å². The van der Waals surface area contributed by atoms with Gasteiger partial charge in [-0.3, -0.25) is 0 Å². The Labute approximate surface area is 131 Å². The van der Waals surface area contributed by atoms with Crippen molar-refractivity contribution >= 4 is 11.0 Å². The van der Waals surface area contributed by atoms with Gasteiger partial charge in [-0.1, -0.05) is 6.42 Å². The molecule has 1 saturated heterocycles. The molecule has 0 N–H and O–H groups in total. The Kier molecular flexibility index (Phi) is 4.59. The lowest BCUT2D eigenvalue weighted by atomic mass is 10.1. The van der Waals surface area contributed by atoms with Gasteiger partial charge in [-0.15, -0.1) is 0 Å². The molecule has 0 radical (unpaired) electrons. The summed E-state index contributed by atoms with van der Waals surface area (Å²) in [6.07, 6.45) is 4.29. The number of nitriles is 1. The second-order valence-electron chi connectivity index (χ2n) is 5.77. The highest BCUT2D eigenvalue weighted by Crippen LogP contribution is 2.22. The van der Waals surface area contributed by atoms with Crippen LogP contribution >= 0.6 is 0 Å². The van der Waals surface area contributed by atoms with E-state index in [9.17, 15) is 0 Å². The topological polar surface area (TPSA) is 54.1 Å². The van der Waals surface area contributed by atoms with E-state index < -0.39 is 0 Å². The molecule has 22 heavy (non-hydrogen) atoms. The fraction of sp³-hybridized carbons (Fsp3) is 0.529. The molecule has 0 spiro atoms. The normalized spacial score (nSPS) is 15.8. The number of nitrogens with zero attached hydrogens (tertiary/aromatic N) is 4. The van der Waals surface area contributed by atoms with Gasteiger partial charge in [0.1, 0.15) is 11.6 Å². The predicted octanol–water partition coefficient (Wildman–Crippen LogP) is 2.60. The van der Waals surface area contributed by atoms with Gasteiger partial charge in [0.25, 0.3) is 0 Å². The molecular formula is C17H22N4O. The molecule has 1 fully saturated rings. The number of hydrogen-bond acceptors (Lipinski definition) is 4. The Bertz CT molecular complexity index is 680. The lowest BCUT2D eigenvalue weighted by Gasteiger charge is -2.26. The van der Waals surface area contributed by atoms with Crippen molar-refractivity contribution in [3.8, 4) is 11.8 Å². The fourth-order valence-corrected chi connectivity index (χ4v) is 3.17. The van der Waals surface area contributed by atoms with Crippen LogP contribution in [0.2, 0.25) is 0 Å². The summed E-state index contributed by atoms with van der Waals surface area (Å²) in [6, 6.07) is 8.16. The van der Waals surface area contributed by atoms with Crippen molar-refractivity contribution in [1.82, 2.24) is 14.5 Å². The molecule has 0 saturated carbocycles. The molecule has 0 atom stereocenters. The molecule has 0 bridgehead atoms. The Balaban J connectivity index is 1.85. The fourth-order valence-electron chi connectivity index (χ4n) is 3.17. The summed E-state index contributed by atoms with van der Waals surface area (Å²) in [6.45, 7) is 4.29. The predicted molar refractivity (Wildman–Crippen MR) is 85.9 cm³/mol. The van der Waals surface area contributed by atoms with Gasteiger partial charge in [0.15, 0.2) is 0 Å². The van der Waals surface area contributed by atoms with Crippen LogP contribution in [-0.4, -0.2) is 41.2 Å². The number of methoxy groups -OCH3 is 1. The minimum absolute atomic E-state index is 0.344. The van der Waals surface area contributed by atoms with Crippen molar-refractivity contribution in [1.29, 1.82) is 5.26 Å². The number of hydrogen-bond donors (Lipinski definition) is 0. The van der Waals surface area contributed by atoms with Crippen LogP contribution in [-0.2, 0) is 13.0 Å². The lowest BCUT2D eigenvalue weighted by molar-refractivity contribution is 0.221. The van der Waals surface area contributed by atoms with E-state index in [0.717, 1.165) is 35.7 Å². The minimum Gasteiger partial charge on any atom is -0.497 e. The van der Waals surface area contributed by atoms with E-state index in [0.29, 0.717) is 6.42 Å². The molecule has 5 nitrogen and oxygen atoms in total. The highest BCUT2D eigenvalue weighted by Gasteiger charge is 2.14. The Morgan fingerprint density at radius 3 is 2.77 bits per heavy atom. The number of imidazole rings is 1. The van der Waals surface area contributed by atoms with E-state index in [1.165, 1.54) is 32.4 Å². The van der Waals surface area contributed by atoms with Gasteiger partial charge in [0, 0.05) is 19.2 Å². The highest BCUT2D eigenvalue weighted by molar-refractivity contribution is 5.78. The van der Waals surface area contributed by atoms with Gasteiger partial charge in [0.05, 0.1) is 30.6 Å². The third-order valence-corrected chi connectivity index (χ3v) is 4.36. The molecule has 0 aliphatic carbocycles. The van der Waals surface area contributed by atoms with Crippen LogP contribution in [0, 0.1) is 11.3 Å². The second kappa shape index (κ2) is 6.80. The molecule has 2 heterocycles. The van der Waals surface area contributed by atoms with Crippen molar-refractivity contribution in [2.45, 2.75) is 32.2 Å². The van der Waals surface area contributed by atoms with E-state index in [-0.39, 0.29) is 0 Å². The molecule has 1 aromatic carbocycles. The van der Waals surface area contributed by atoms with Crippen molar-refractivity contribution < 1.29 is 4.74 Å². The first-order chi connectivity index (χ1) is 10.8. The summed E-state index contributed by atoms with van der Waals surface area (Å²) in [5.41, 5.74) is 1.99. The zero-order valence-corrected chi connectivity index (χ0v) is 13.1. The van der Waals surface area contributed by atoms with Crippen molar-refractivity contribution in [2.75, 3.05) is 26.7 Å². The van der Waals surface area contributed by atoms with E-state index in [4.69, 9.17) is 10.00 Å². The molecule has 116 valence electrons. The summed E-state index contributed by atoms with van der Waals surface area (Å²) < 4.78 is 7.45. The average molecular weight is 298 g/mol. The molecule has 3 rings (SSSR count). The van der Waals surface area contributed by atoms with Crippen LogP contribution < -0.4 is 4.74 Å². The number of piperidine rings is 1. The molecule has 0 unspecified atom stereocenters. The number of fused-ring (bicyclic) bond motifs is 1. The standard InChI is InChI=1S/C17H22N4O/c1-22-14-5-6-16-15(13-14)19-17(7-8-18)21(16)12-11-20-9-3-2-4-10-20/h5-6,13H,2-4,7,9-12H2,1H3. The van der Waals surface area contributed by atoms with Crippen LogP contribution in [0.25, 0.3) is 11.0 Å². The summed E-state index contributed by atoms with van der Waals surface area (Å²) in [7, 11) is 1.66. The molecule has 1 aliphatic heterocycles. The van der Waals surface area contributed by atoms with E-state index in [1.54, 1.807) is 7.11 Å². The summed E-state index contributed by atoms with van der Waals surface area (Å²) in [5, 5.41) is 9.05. The van der Waals surface area contributed by atoms with Crippen LogP contribution in [0.4, 0.5) is 0 Å². The maximum Gasteiger partial charge on any atom is 0.124 e. The smallest absolute Gasteiger partial charge is 0.124 e. The lowest BCUT2D eigenvalue weighted by Crippen LogP contribution is -2.32. The van der Waals surface area contributed by atoms with Crippen molar-refractivity contribution in [2.24, 2.45) is 0 Å². The van der Waals surface area contributed by atoms with E-state index >= 15 is 0 Å². The maximum absolute atomic E-state index is 9.05. The van der Waals surface area contributed by atoms with Gasteiger partial charge in [-0.05, 0) is 38.1 Å². The Morgan fingerprint density at radius 1 is 1.23 bits per heavy atom. The van der Waals surface area contributed by atoms with Gasteiger partial charge >= 0.3 is 0 Å². The van der Waals surface area contributed by atoms with Gasteiger partial charge < -0.3 is 14.2 Å². The Hall–Kier alpha value is -2.06. The van der Waals surface area contributed by atoms with Crippen LogP contribution in [0.3, 0.4) is 0 Å². The molecule has 1 aromatic heterocycles. The highest BCUT2D eigenvalue weighted by atomic mass is 16.5. The largest absolute Gasteiger partial charge is 0.497 e. The molecule has 2 aromatic rings. The van der Waals surface area contributed by atoms with Crippen LogP contribution in [0.1, 0.15) is 25.1 Å². The second-order valence-corrected chi connectivity index (χ2v) is 5.77. The zero-order valence-electron chi connectivity index (χ0n) is 13.1. The molecule has 1 aliphatic rings. The van der Waals surface area contributed by atoms with Crippen LogP contribution in [0.5, 0.6) is 5.75 Å². The molecule has 0 amide bonds. The molecule has 5 heteroatoms. The summed E-state index contributed by atoms with van der Waals surface area (Å²) >= 11 is 0. The number of aromatic nitrogens is 2. The first-order valence-corrected chi connectivity index (χ1v) is 7.94. The monoisotopic (exact) mass is 298 g/mol. The zero-order chi connectivity index (χ0) is 15.4. The quantitative estimate of drug-likeness (QED) is 0.851. The maximum atomic E-state index is 9.05. The number of benzene rings is 1. The van der Waals surface area contributed by atoms with Gasteiger partial charge in [-0.25, -0.2) is 4.98 Å². The molecular weight excluding hydrogens is 276 g/mol. The average Bonchev–Trinajstić information content (AvgIpc) is 2.90. The first-order valence-electron chi connectivity index (χ1n) is 7.94. The third-order valence-electron chi connectivity index (χ3n) is 4.36. The summed E-state index contributed by atoms with van der Waals surface area (Å²) in [4.78, 5) is 7.13. The van der Waals surface area contributed by atoms with Crippen LogP contribution in [0.15, 0.2) is 18.2 Å². The number of likely N-dealkylation sites (tertiary alicyclic amines) is 1. The first kappa shape index (κ1) is 14.9. The van der Waals surface area contributed by atoms with Gasteiger partial charge in [-0.2, -0.15) is 5.26 Å². The third kappa shape index (κ3) is 3.07.